The molecule has 3 heteroatoms. The Labute approximate surface area is 76.0 Å². The Kier molecular flexibility index (Phi) is 3.09. The van der Waals surface area contributed by atoms with Crippen molar-refractivity contribution >= 4 is 5.97 Å². The summed E-state index contributed by atoms with van der Waals surface area (Å²) >= 11 is 0. The monoisotopic (exact) mass is 178 g/mol. The van der Waals surface area contributed by atoms with Crippen molar-refractivity contribution in [1.82, 2.24) is 0 Å². The largest absolute Gasteiger partial charge is 0.508 e. The first-order valence-corrected chi connectivity index (χ1v) is 3.86. The number of aliphatic carboxylic acids is 1. The summed E-state index contributed by atoms with van der Waals surface area (Å²) in [6.07, 6.45) is 2.99. The average Bonchev–Trinajstić information content (AvgIpc) is 2.08. The molecular weight excluding hydrogens is 168 g/mol. The van der Waals surface area contributed by atoms with E-state index >= 15 is 0 Å². The molecule has 0 heterocycles. The lowest BCUT2D eigenvalue weighted by Gasteiger charge is -1.98. The molecule has 2 N–H and O–H groups in total. The summed E-state index contributed by atoms with van der Waals surface area (Å²) in [5.41, 5.74) is 0.722. The smallest absolute Gasteiger partial charge is 0.327 e. The van der Waals surface area contributed by atoms with E-state index in [-0.39, 0.29) is 5.75 Å². The number of para-hydroxylation sites is 1. The molecule has 0 aromatic heterocycles. The van der Waals surface area contributed by atoms with Crippen molar-refractivity contribution in [2.24, 2.45) is 0 Å². The Morgan fingerprint density at radius 2 is 2.08 bits per heavy atom. The van der Waals surface area contributed by atoms with Crippen LogP contribution in [0.25, 0.3) is 0 Å². The normalized spacial score (nSPS) is 10.5. The van der Waals surface area contributed by atoms with Crippen LogP contribution in [0.5, 0.6) is 5.75 Å². The van der Waals surface area contributed by atoms with Crippen molar-refractivity contribution < 1.29 is 15.0 Å². The van der Waals surface area contributed by atoms with Gasteiger partial charge in [-0.2, -0.15) is 0 Å². The van der Waals surface area contributed by atoms with Gasteiger partial charge in [-0.3, -0.25) is 0 Å². The van der Waals surface area contributed by atoms with Crippen molar-refractivity contribution in [3.05, 3.63) is 42.0 Å². The fourth-order valence-electron chi connectivity index (χ4n) is 0.970. The van der Waals surface area contributed by atoms with E-state index in [2.05, 4.69) is 0 Å². The second-order valence-corrected chi connectivity index (χ2v) is 2.57. The van der Waals surface area contributed by atoms with Gasteiger partial charge in [0.25, 0.3) is 0 Å². The standard InChI is InChI=1S/C10H10O3/c11-9-6-2-1-4-8(9)5-3-7-10(12)13/h1-4,6-7,11H,5H2,(H,12,13)/b7-3+. The van der Waals surface area contributed by atoms with E-state index in [1.54, 1.807) is 24.3 Å². The van der Waals surface area contributed by atoms with E-state index in [0.717, 1.165) is 11.6 Å². The number of phenols is 1. The molecule has 0 aliphatic carbocycles. The van der Waals surface area contributed by atoms with Gasteiger partial charge in [0.05, 0.1) is 0 Å². The molecule has 0 unspecified atom stereocenters. The molecule has 1 rings (SSSR count). The molecule has 1 aromatic carbocycles. The van der Waals surface area contributed by atoms with Crippen LogP contribution in [0.1, 0.15) is 5.56 Å². The molecule has 0 atom stereocenters. The summed E-state index contributed by atoms with van der Waals surface area (Å²) < 4.78 is 0. The number of carboxylic acid groups (broad SMARTS) is 1. The summed E-state index contributed by atoms with van der Waals surface area (Å²) in [5.74, 6) is -0.784. The average molecular weight is 178 g/mol. The number of allylic oxidation sites excluding steroid dienone is 1. The van der Waals surface area contributed by atoms with Gasteiger partial charge < -0.3 is 10.2 Å². The highest BCUT2D eigenvalue weighted by Crippen LogP contribution is 2.15. The number of carbonyl (C=O) groups is 1. The van der Waals surface area contributed by atoms with Crippen molar-refractivity contribution in [2.45, 2.75) is 6.42 Å². The van der Waals surface area contributed by atoms with Gasteiger partial charge in [-0.05, 0) is 18.1 Å². The van der Waals surface area contributed by atoms with E-state index in [1.165, 1.54) is 6.08 Å². The van der Waals surface area contributed by atoms with Gasteiger partial charge in [0, 0.05) is 6.08 Å². The fourth-order valence-corrected chi connectivity index (χ4v) is 0.970. The molecule has 13 heavy (non-hydrogen) atoms. The molecular formula is C10H10O3. The minimum atomic E-state index is -0.976. The van der Waals surface area contributed by atoms with Crippen LogP contribution in [0.3, 0.4) is 0 Å². The van der Waals surface area contributed by atoms with Crippen LogP contribution in [0.15, 0.2) is 36.4 Å². The van der Waals surface area contributed by atoms with Crippen molar-refractivity contribution in [3.8, 4) is 5.75 Å². The van der Waals surface area contributed by atoms with Gasteiger partial charge in [-0.25, -0.2) is 4.79 Å². The van der Waals surface area contributed by atoms with Gasteiger partial charge in [0.1, 0.15) is 5.75 Å². The Balaban J connectivity index is 2.64. The first-order valence-electron chi connectivity index (χ1n) is 3.86. The van der Waals surface area contributed by atoms with Gasteiger partial charge >= 0.3 is 5.97 Å². The molecule has 0 bridgehead atoms. The van der Waals surface area contributed by atoms with Gasteiger partial charge in [-0.1, -0.05) is 24.3 Å². The summed E-state index contributed by atoms with van der Waals surface area (Å²) in [7, 11) is 0. The zero-order valence-electron chi connectivity index (χ0n) is 6.97. The van der Waals surface area contributed by atoms with E-state index in [9.17, 15) is 9.90 Å². The molecule has 0 radical (unpaired) electrons. The lowest BCUT2D eigenvalue weighted by atomic mass is 10.1. The van der Waals surface area contributed by atoms with E-state index in [1.807, 2.05) is 0 Å². The maximum absolute atomic E-state index is 10.1. The van der Waals surface area contributed by atoms with Crippen molar-refractivity contribution in [3.63, 3.8) is 0 Å². The van der Waals surface area contributed by atoms with Gasteiger partial charge in [-0.15, -0.1) is 0 Å². The number of hydrogen-bond donors (Lipinski definition) is 2. The number of hydrogen-bond acceptors (Lipinski definition) is 2. The minimum absolute atomic E-state index is 0.192. The minimum Gasteiger partial charge on any atom is -0.508 e. The van der Waals surface area contributed by atoms with E-state index < -0.39 is 5.97 Å². The number of aromatic hydroxyl groups is 1. The van der Waals surface area contributed by atoms with Gasteiger partial charge in [0.2, 0.25) is 0 Å². The third-order valence-electron chi connectivity index (χ3n) is 1.59. The first-order chi connectivity index (χ1) is 6.20. The molecule has 3 nitrogen and oxygen atoms in total. The van der Waals surface area contributed by atoms with E-state index in [0.29, 0.717) is 6.42 Å². The van der Waals surface area contributed by atoms with Crippen LogP contribution >= 0.6 is 0 Å². The molecule has 0 fully saturated rings. The van der Waals surface area contributed by atoms with E-state index in [4.69, 9.17) is 5.11 Å². The molecule has 0 amide bonds. The van der Waals surface area contributed by atoms with Crippen LogP contribution in [-0.2, 0) is 11.2 Å². The highest BCUT2D eigenvalue weighted by molar-refractivity contribution is 5.79. The third kappa shape index (κ3) is 2.99. The van der Waals surface area contributed by atoms with Crippen molar-refractivity contribution in [2.75, 3.05) is 0 Å². The summed E-state index contributed by atoms with van der Waals surface area (Å²) in [6.45, 7) is 0. The summed E-state index contributed by atoms with van der Waals surface area (Å²) in [4.78, 5) is 10.1. The maximum atomic E-state index is 10.1. The lowest BCUT2D eigenvalue weighted by molar-refractivity contribution is -0.131. The number of rotatable bonds is 3. The molecule has 0 saturated heterocycles. The van der Waals surface area contributed by atoms with Crippen LogP contribution in [0.4, 0.5) is 0 Å². The quantitative estimate of drug-likeness (QED) is 0.691. The fraction of sp³-hybridized carbons (Fsp3) is 0.100. The molecule has 0 aliphatic rings. The first kappa shape index (κ1) is 9.32. The zero-order chi connectivity index (χ0) is 9.68. The Morgan fingerprint density at radius 1 is 1.38 bits per heavy atom. The van der Waals surface area contributed by atoms with Crippen LogP contribution in [-0.4, -0.2) is 16.2 Å². The maximum Gasteiger partial charge on any atom is 0.327 e. The second-order valence-electron chi connectivity index (χ2n) is 2.57. The SMILES string of the molecule is O=C(O)/C=C/Cc1ccccc1O. The van der Waals surface area contributed by atoms with Gasteiger partial charge in [0.15, 0.2) is 0 Å². The third-order valence-corrected chi connectivity index (χ3v) is 1.59. The second kappa shape index (κ2) is 4.30. The molecule has 0 aliphatic heterocycles. The predicted octanol–water partition coefficient (Wildman–Crippen LogP) is 1.58. The van der Waals surface area contributed by atoms with Crippen LogP contribution < -0.4 is 0 Å². The summed E-state index contributed by atoms with van der Waals surface area (Å²) in [6, 6.07) is 6.84. The number of benzene rings is 1. The number of phenolic OH excluding ortho intramolecular Hbond substituents is 1. The molecule has 0 saturated carbocycles. The summed E-state index contributed by atoms with van der Waals surface area (Å²) in [5, 5.41) is 17.6. The Bertz CT molecular complexity index is 329. The lowest BCUT2D eigenvalue weighted by Crippen LogP contribution is -1.87. The Hall–Kier alpha value is -1.77. The molecule has 68 valence electrons. The van der Waals surface area contributed by atoms with Crippen LogP contribution in [0, 0.1) is 0 Å². The highest BCUT2D eigenvalue weighted by atomic mass is 16.4. The predicted molar refractivity (Wildman–Crippen MR) is 48.6 cm³/mol. The topological polar surface area (TPSA) is 57.5 Å². The highest BCUT2D eigenvalue weighted by Gasteiger charge is 1.95. The number of carboxylic acids is 1. The Morgan fingerprint density at radius 3 is 2.69 bits per heavy atom. The molecule has 0 spiro atoms. The zero-order valence-corrected chi connectivity index (χ0v) is 6.97. The van der Waals surface area contributed by atoms with Crippen molar-refractivity contribution in [1.29, 1.82) is 0 Å². The van der Waals surface area contributed by atoms with Crippen LogP contribution in [0.2, 0.25) is 0 Å². The molecule has 1 aromatic rings.